The summed E-state index contributed by atoms with van der Waals surface area (Å²) in [5.74, 6) is 0. The van der Waals surface area contributed by atoms with Gasteiger partial charge < -0.3 is 9.47 Å². The molecule has 0 unspecified atom stereocenters. The van der Waals surface area contributed by atoms with Crippen LogP contribution < -0.4 is 4.90 Å². The predicted molar refractivity (Wildman–Crippen MR) is 226 cm³/mol. The highest BCUT2D eigenvalue weighted by Gasteiger charge is 2.18. The van der Waals surface area contributed by atoms with Gasteiger partial charge in [-0.05, 0) is 94.0 Å². The van der Waals surface area contributed by atoms with Crippen molar-refractivity contribution in [3.05, 3.63) is 212 Å². The molecule has 0 amide bonds. The van der Waals surface area contributed by atoms with E-state index in [2.05, 4.69) is 222 Å². The Bertz CT molecular complexity index is 2740. The molecule has 2 aliphatic heterocycles. The number of anilines is 3. The molecule has 3 heteroatoms. The molecule has 0 aliphatic carbocycles. The fraction of sp³-hybridized carbons (Fsp3) is 0. The van der Waals surface area contributed by atoms with Crippen molar-refractivity contribution in [3.63, 3.8) is 0 Å². The van der Waals surface area contributed by atoms with Gasteiger partial charge in [-0.1, -0.05) is 146 Å². The van der Waals surface area contributed by atoms with Gasteiger partial charge in [0, 0.05) is 45.3 Å². The van der Waals surface area contributed by atoms with Crippen LogP contribution in [0.4, 0.5) is 17.1 Å². The molecule has 0 fully saturated rings. The molecule has 0 atom stereocenters. The molecule has 0 N–H and O–H groups in total. The van der Waals surface area contributed by atoms with E-state index < -0.39 is 0 Å². The molecule has 254 valence electrons. The van der Waals surface area contributed by atoms with E-state index in [-0.39, 0.29) is 0 Å². The maximum atomic E-state index is 5.01. The summed E-state index contributed by atoms with van der Waals surface area (Å²) in [7, 11) is 0. The monoisotopic (exact) mass is 689 g/mol. The van der Waals surface area contributed by atoms with Gasteiger partial charge in [0.2, 0.25) is 0 Å². The zero-order valence-electron chi connectivity index (χ0n) is 29.5. The highest BCUT2D eigenvalue weighted by molar-refractivity contribution is 6.06. The quantitative estimate of drug-likeness (QED) is 0.166. The van der Waals surface area contributed by atoms with Crippen LogP contribution in [0.2, 0.25) is 0 Å². The molecule has 0 saturated carbocycles. The van der Waals surface area contributed by atoms with Gasteiger partial charge in [0.15, 0.2) is 0 Å². The zero-order valence-corrected chi connectivity index (χ0v) is 29.5. The number of hydrogen-bond acceptors (Lipinski definition) is 2. The minimum atomic E-state index is 1.03. The van der Waals surface area contributed by atoms with Crippen LogP contribution in [0.5, 0.6) is 0 Å². The number of benzene rings is 8. The second-order valence-corrected chi connectivity index (χ2v) is 13.7. The number of rotatable bonds is 7. The number of nitrogens with zero attached hydrogens (tertiary/aromatic N) is 3. The van der Waals surface area contributed by atoms with Gasteiger partial charge in [-0.2, -0.15) is 0 Å². The summed E-state index contributed by atoms with van der Waals surface area (Å²) in [6.07, 6.45) is 2.24. The molecular weight excluding hydrogens is 655 g/mol. The van der Waals surface area contributed by atoms with E-state index in [4.69, 9.17) is 4.98 Å². The smallest absolute Gasteiger partial charge is 0.0824 e. The van der Waals surface area contributed by atoms with Gasteiger partial charge in [0.1, 0.15) is 0 Å². The van der Waals surface area contributed by atoms with E-state index in [1.54, 1.807) is 0 Å². The third-order valence-corrected chi connectivity index (χ3v) is 10.4. The lowest BCUT2D eigenvalue weighted by Crippen LogP contribution is -2.09. The van der Waals surface area contributed by atoms with Crippen molar-refractivity contribution < 1.29 is 0 Å². The first kappa shape index (κ1) is 31.5. The Hall–Kier alpha value is -7.23. The maximum absolute atomic E-state index is 5.01. The van der Waals surface area contributed by atoms with E-state index in [1.807, 2.05) is 0 Å². The van der Waals surface area contributed by atoms with E-state index in [0.717, 1.165) is 50.4 Å². The Morgan fingerprint density at radius 2 is 0.759 bits per heavy atom. The summed E-state index contributed by atoms with van der Waals surface area (Å²) in [5, 5.41) is 2.33. The topological polar surface area (TPSA) is 21.1 Å². The van der Waals surface area contributed by atoms with E-state index in [0.29, 0.717) is 0 Å². The van der Waals surface area contributed by atoms with Crippen molar-refractivity contribution in [2.75, 3.05) is 4.90 Å². The Kier molecular flexibility index (Phi) is 7.81. The van der Waals surface area contributed by atoms with Crippen molar-refractivity contribution >= 4 is 38.9 Å². The standard InChI is InChI=1S/C51H35N3/c1-3-11-36(12-4-1)38-21-29-43(30-22-38)54(44-31-23-39(24-32-44)37-13-5-2-6-14-37)45-33-25-41(26-34-45)40-19-27-42(28-20-40)53-35-48-46-15-7-9-17-49(46)52-51(48)47-16-8-10-18-50(47)53/h1-35H. The average molecular weight is 690 g/mol. The number of aromatic nitrogens is 2. The summed E-state index contributed by atoms with van der Waals surface area (Å²) < 4.78 is 2.29. The summed E-state index contributed by atoms with van der Waals surface area (Å²) >= 11 is 0. The highest BCUT2D eigenvalue weighted by atomic mass is 15.1. The summed E-state index contributed by atoms with van der Waals surface area (Å²) in [4.78, 5) is 7.34. The second-order valence-electron chi connectivity index (χ2n) is 13.7. The van der Waals surface area contributed by atoms with Crippen LogP contribution in [0.25, 0.3) is 72.1 Å². The maximum Gasteiger partial charge on any atom is 0.0824 e. The minimum absolute atomic E-state index is 1.03. The van der Waals surface area contributed by atoms with Crippen molar-refractivity contribution in [1.29, 1.82) is 0 Å². The Labute approximate surface area is 315 Å². The van der Waals surface area contributed by atoms with Crippen LogP contribution in [0, 0.1) is 0 Å². The van der Waals surface area contributed by atoms with E-state index >= 15 is 0 Å². The number of para-hydroxylation sites is 2. The van der Waals surface area contributed by atoms with Gasteiger partial charge >= 0.3 is 0 Å². The molecule has 2 heterocycles. The molecule has 10 rings (SSSR count). The Balaban J connectivity index is 0.991. The molecule has 0 bridgehead atoms. The van der Waals surface area contributed by atoms with Gasteiger partial charge in [-0.15, -0.1) is 0 Å². The fourth-order valence-corrected chi connectivity index (χ4v) is 7.67. The second kappa shape index (κ2) is 13.4. The first-order valence-electron chi connectivity index (χ1n) is 18.4. The number of pyridine rings is 1. The molecule has 0 aromatic heterocycles. The summed E-state index contributed by atoms with van der Waals surface area (Å²) in [5.41, 5.74) is 16.0. The van der Waals surface area contributed by atoms with Crippen molar-refractivity contribution in [1.82, 2.24) is 9.55 Å². The SMILES string of the molecule is c1ccc(-c2ccc(N(c3ccc(-c4ccccc4)cc3)c3ccc(-c4ccc(-n5cc6c7ccccc7nc-6c6ccccc65)cc4)cc3)cc2)cc1. The lowest BCUT2D eigenvalue weighted by atomic mass is 10.0. The van der Waals surface area contributed by atoms with Crippen molar-refractivity contribution in [2.45, 2.75) is 0 Å². The fourth-order valence-electron chi connectivity index (χ4n) is 7.67. The predicted octanol–water partition coefficient (Wildman–Crippen LogP) is 13.8. The lowest BCUT2D eigenvalue weighted by molar-refractivity contribution is 1.11. The molecule has 2 aliphatic rings. The molecular formula is C51H35N3. The van der Waals surface area contributed by atoms with E-state index in [9.17, 15) is 0 Å². The molecule has 8 aromatic rings. The van der Waals surface area contributed by atoms with Crippen LogP contribution >= 0.6 is 0 Å². The van der Waals surface area contributed by atoms with Crippen molar-refractivity contribution in [3.8, 4) is 50.3 Å². The minimum Gasteiger partial charge on any atom is -0.316 e. The Morgan fingerprint density at radius 3 is 1.28 bits per heavy atom. The average Bonchev–Trinajstić information content (AvgIpc) is 3.64. The molecule has 54 heavy (non-hydrogen) atoms. The van der Waals surface area contributed by atoms with E-state index in [1.165, 1.54) is 38.8 Å². The number of fused-ring (bicyclic) bond motifs is 5. The van der Waals surface area contributed by atoms with Crippen LogP contribution in [0.1, 0.15) is 0 Å². The molecule has 0 radical (unpaired) electrons. The Morgan fingerprint density at radius 1 is 0.352 bits per heavy atom. The van der Waals surface area contributed by atoms with Gasteiger partial charge in [-0.3, -0.25) is 0 Å². The third-order valence-electron chi connectivity index (χ3n) is 10.4. The third kappa shape index (κ3) is 5.69. The van der Waals surface area contributed by atoms with Gasteiger partial charge in [0.25, 0.3) is 0 Å². The van der Waals surface area contributed by atoms with Gasteiger partial charge in [0.05, 0.1) is 16.7 Å². The summed E-state index contributed by atoms with van der Waals surface area (Å²) in [6.45, 7) is 0. The molecule has 0 saturated heterocycles. The summed E-state index contributed by atoms with van der Waals surface area (Å²) in [6, 6.07) is 73.5. The molecule has 0 spiro atoms. The normalized spacial score (nSPS) is 11.3. The molecule has 3 nitrogen and oxygen atoms in total. The van der Waals surface area contributed by atoms with Crippen LogP contribution in [0.3, 0.4) is 0 Å². The molecule has 8 aromatic carbocycles. The van der Waals surface area contributed by atoms with Crippen LogP contribution in [0.15, 0.2) is 212 Å². The van der Waals surface area contributed by atoms with Crippen LogP contribution in [-0.4, -0.2) is 9.55 Å². The highest BCUT2D eigenvalue weighted by Crippen LogP contribution is 2.39. The zero-order chi connectivity index (χ0) is 35.8. The largest absolute Gasteiger partial charge is 0.316 e. The number of hydrogen-bond donors (Lipinski definition) is 0. The van der Waals surface area contributed by atoms with Gasteiger partial charge in [-0.25, -0.2) is 4.98 Å². The first-order valence-corrected chi connectivity index (χ1v) is 18.4. The van der Waals surface area contributed by atoms with Crippen molar-refractivity contribution in [2.24, 2.45) is 0 Å². The van der Waals surface area contributed by atoms with Crippen LogP contribution in [-0.2, 0) is 0 Å². The first-order chi connectivity index (χ1) is 26.8. The lowest BCUT2D eigenvalue weighted by Gasteiger charge is -2.26.